The van der Waals surface area contributed by atoms with Crippen molar-refractivity contribution >= 4 is 12.4 Å². The van der Waals surface area contributed by atoms with E-state index in [1.807, 2.05) is 12.1 Å². The number of hydrogen-bond acceptors (Lipinski definition) is 5. The zero-order chi connectivity index (χ0) is 16.7. The molecule has 1 saturated carbocycles. The van der Waals surface area contributed by atoms with Crippen LogP contribution >= 0.6 is 12.4 Å². The minimum atomic E-state index is -0.940. The van der Waals surface area contributed by atoms with Gasteiger partial charge in [0.05, 0.1) is 17.1 Å². The first-order valence-corrected chi connectivity index (χ1v) is 8.80. The van der Waals surface area contributed by atoms with Crippen LogP contribution in [0.15, 0.2) is 24.8 Å². The number of aliphatic hydroxyl groups excluding tert-OH is 1. The second-order valence-electron chi connectivity index (χ2n) is 7.74. The van der Waals surface area contributed by atoms with Crippen molar-refractivity contribution in [2.75, 3.05) is 13.1 Å². The number of rotatable bonds is 2. The molecular weight excluding hydrogens is 342 g/mol. The molecule has 1 aromatic rings. The Labute approximate surface area is 153 Å². The van der Waals surface area contributed by atoms with Gasteiger partial charge in [0.15, 0.2) is 11.5 Å². The molecule has 0 aromatic heterocycles. The molecule has 1 aromatic carbocycles. The van der Waals surface area contributed by atoms with Crippen molar-refractivity contribution in [2.45, 2.75) is 54.9 Å². The van der Waals surface area contributed by atoms with E-state index in [2.05, 4.69) is 11.5 Å². The van der Waals surface area contributed by atoms with Crippen LogP contribution in [-0.4, -0.2) is 57.2 Å². The number of likely N-dealkylation sites (tertiary alicyclic amines) is 1. The van der Waals surface area contributed by atoms with E-state index in [4.69, 9.17) is 4.74 Å². The fourth-order valence-electron chi connectivity index (χ4n) is 5.99. The first-order valence-electron chi connectivity index (χ1n) is 8.80. The number of ether oxygens (including phenoxy) is 1. The van der Waals surface area contributed by atoms with E-state index < -0.39 is 23.2 Å². The van der Waals surface area contributed by atoms with Crippen LogP contribution in [0.5, 0.6) is 11.5 Å². The van der Waals surface area contributed by atoms with Crippen LogP contribution in [0.25, 0.3) is 0 Å². The summed E-state index contributed by atoms with van der Waals surface area (Å²) in [7, 11) is 0. The molecule has 2 aliphatic heterocycles. The molecule has 1 saturated heterocycles. The van der Waals surface area contributed by atoms with Crippen LogP contribution in [0.3, 0.4) is 0 Å². The smallest absolute Gasteiger partial charge is 0.165 e. The number of nitrogens with zero attached hydrogens (tertiary/aromatic N) is 1. The maximum absolute atomic E-state index is 11.9. The number of benzene rings is 1. The largest absolute Gasteiger partial charge is 0.504 e. The number of aliphatic hydroxyl groups is 2. The third-order valence-electron chi connectivity index (χ3n) is 6.91. The van der Waals surface area contributed by atoms with Gasteiger partial charge in [0.2, 0.25) is 0 Å². The van der Waals surface area contributed by atoms with Gasteiger partial charge in [-0.3, -0.25) is 4.90 Å². The summed E-state index contributed by atoms with van der Waals surface area (Å²) in [4.78, 5) is 2.31. The van der Waals surface area contributed by atoms with Gasteiger partial charge in [0.1, 0.15) is 6.10 Å². The molecule has 0 radical (unpaired) electrons. The molecule has 4 aliphatic rings. The lowest BCUT2D eigenvalue weighted by Gasteiger charge is -2.63. The van der Waals surface area contributed by atoms with Crippen LogP contribution in [0.1, 0.15) is 30.4 Å². The predicted molar refractivity (Wildman–Crippen MR) is 95.5 cm³/mol. The maximum Gasteiger partial charge on any atom is 0.165 e. The predicted octanol–water partition coefficient (Wildman–Crippen LogP) is 1.51. The Bertz CT molecular complexity index is 740. The van der Waals surface area contributed by atoms with Crippen molar-refractivity contribution < 1.29 is 20.1 Å². The van der Waals surface area contributed by atoms with Gasteiger partial charge >= 0.3 is 0 Å². The molecule has 2 heterocycles. The molecule has 2 aliphatic carbocycles. The van der Waals surface area contributed by atoms with Crippen molar-refractivity contribution in [3.8, 4) is 11.5 Å². The van der Waals surface area contributed by atoms with E-state index in [-0.39, 0.29) is 24.2 Å². The Morgan fingerprint density at radius 1 is 1.36 bits per heavy atom. The Balaban J connectivity index is 0.00000157. The Morgan fingerprint density at radius 3 is 2.92 bits per heavy atom. The van der Waals surface area contributed by atoms with E-state index in [0.29, 0.717) is 18.6 Å². The fourth-order valence-corrected chi connectivity index (χ4v) is 5.99. The quantitative estimate of drug-likeness (QED) is 0.693. The zero-order valence-corrected chi connectivity index (χ0v) is 14.8. The molecule has 5 nitrogen and oxygen atoms in total. The average Bonchev–Trinajstić information content (AvgIpc) is 2.91. The summed E-state index contributed by atoms with van der Waals surface area (Å²) in [6, 6.07) is 3.62. The third kappa shape index (κ3) is 1.80. The third-order valence-corrected chi connectivity index (χ3v) is 6.91. The summed E-state index contributed by atoms with van der Waals surface area (Å²) >= 11 is 0. The fraction of sp³-hybridized carbons (Fsp3) is 0.579. The first kappa shape index (κ1) is 17.2. The summed E-state index contributed by atoms with van der Waals surface area (Å²) in [6.07, 6.45) is 3.33. The topological polar surface area (TPSA) is 73.2 Å². The van der Waals surface area contributed by atoms with Crippen LogP contribution < -0.4 is 4.74 Å². The monoisotopic (exact) mass is 365 g/mol. The van der Waals surface area contributed by atoms with Crippen molar-refractivity contribution in [2.24, 2.45) is 0 Å². The molecule has 5 rings (SSSR count). The summed E-state index contributed by atoms with van der Waals surface area (Å²) in [5, 5.41) is 32.8. The number of halogens is 1. The molecule has 136 valence electrons. The highest BCUT2D eigenvalue weighted by Gasteiger charge is 2.72. The van der Waals surface area contributed by atoms with Gasteiger partial charge in [-0.25, -0.2) is 0 Å². The molecule has 2 fully saturated rings. The van der Waals surface area contributed by atoms with E-state index in [9.17, 15) is 15.3 Å². The van der Waals surface area contributed by atoms with Crippen LogP contribution in [0, 0.1) is 0 Å². The number of aromatic hydroxyl groups is 1. The SMILES string of the molecule is C=CCN1CC[C@]23c4c5ccc(O)c4O[C@H]2[C@H](O)CC[C@@]3(O)[C@H]1C5.Cl. The van der Waals surface area contributed by atoms with Gasteiger partial charge < -0.3 is 20.1 Å². The van der Waals surface area contributed by atoms with Gasteiger partial charge in [-0.15, -0.1) is 19.0 Å². The second kappa shape index (κ2) is 5.36. The lowest BCUT2D eigenvalue weighted by atomic mass is 9.48. The molecule has 2 bridgehead atoms. The standard InChI is InChI=1S/C19H23NO4.ClH/c1-2-8-20-9-7-18-15-11-3-4-12(21)16(15)24-17(18)13(22)5-6-19(18,23)14(20)10-11;/h2-4,13-14,17,21-23H,1,5-10H2;1H/t13-,14-,17+,18+,19-;/m1./s1. The van der Waals surface area contributed by atoms with E-state index >= 15 is 0 Å². The van der Waals surface area contributed by atoms with E-state index in [1.165, 1.54) is 0 Å². The lowest BCUT2D eigenvalue weighted by molar-refractivity contribution is -0.206. The maximum atomic E-state index is 11.9. The number of hydrogen-bond donors (Lipinski definition) is 3. The highest BCUT2D eigenvalue weighted by Crippen LogP contribution is 2.65. The van der Waals surface area contributed by atoms with Gasteiger partial charge in [-0.05, 0) is 43.9 Å². The number of phenolic OH excluding ortho intramolecular Hbond substituents is 1. The molecule has 5 atom stereocenters. The molecule has 3 N–H and O–H groups in total. The molecule has 6 heteroatoms. The van der Waals surface area contributed by atoms with Gasteiger partial charge in [0.25, 0.3) is 0 Å². The van der Waals surface area contributed by atoms with Gasteiger partial charge in [0, 0.05) is 18.2 Å². The minimum absolute atomic E-state index is 0. The summed E-state index contributed by atoms with van der Waals surface area (Å²) < 4.78 is 6.08. The van der Waals surface area contributed by atoms with Crippen molar-refractivity contribution in [3.05, 3.63) is 35.9 Å². The van der Waals surface area contributed by atoms with Crippen molar-refractivity contribution in [1.82, 2.24) is 4.90 Å². The van der Waals surface area contributed by atoms with Crippen molar-refractivity contribution in [1.29, 1.82) is 0 Å². The number of phenols is 1. The summed E-state index contributed by atoms with van der Waals surface area (Å²) in [5.74, 6) is 0.589. The zero-order valence-electron chi connectivity index (χ0n) is 14.0. The summed E-state index contributed by atoms with van der Waals surface area (Å²) in [6.45, 7) is 5.44. The number of piperidine rings is 1. The second-order valence-corrected chi connectivity index (χ2v) is 7.74. The Kier molecular flexibility index (Phi) is 3.68. The average molecular weight is 366 g/mol. The van der Waals surface area contributed by atoms with E-state index in [1.54, 1.807) is 6.07 Å². The van der Waals surface area contributed by atoms with Gasteiger partial charge in [-0.2, -0.15) is 0 Å². The molecule has 25 heavy (non-hydrogen) atoms. The van der Waals surface area contributed by atoms with E-state index in [0.717, 1.165) is 37.1 Å². The molecule has 0 amide bonds. The Hall–Kier alpha value is -1.27. The minimum Gasteiger partial charge on any atom is -0.504 e. The molecule has 1 spiro atoms. The summed E-state index contributed by atoms with van der Waals surface area (Å²) in [5.41, 5.74) is 0.518. The van der Waals surface area contributed by atoms with Crippen LogP contribution in [0.4, 0.5) is 0 Å². The van der Waals surface area contributed by atoms with Crippen molar-refractivity contribution in [3.63, 3.8) is 0 Å². The first-order chi connectivity index (χ1) is 11.5. The molecular formula is C19H24ClNO4. The van der Waals surface area contributed by atoms with Crippen LogP contribution in [0.2, 0.25) is 0 Å². The Morgan fingerprint density at radius 2 is 2.16 bits per heavy atom. The van der Waals surface area contributed by atoms with Gasteiger partial charge in [-0.1, -0.05) is 12.1 Å². The normalized spacial score (nSPS) is 40.6. The lowest BCUT2D eigenvalue weighted by Crippen LogP contribution is -2.77. The highest BCUT2D eigenvalue weighted by atomic mass is 35.5. The molecule has 0 unspecified atom stereocenters. The van der Waals surface area contributed by atoms with Crippen LogP contribution in [-0.2, 0) is 11.8 Å². The highest BCUT2D eigenvalue weighted by molar-refractivity contribution is 5.85.